The molecule has 0 aromatic heterocycles. The summed E-state index contributed by atoms with van der Waals surface area (Å²) >= 11 is 8.41. The second-order valence-corrected chi connectivity index (χ2v) is 18.8. The SMILES string of the molecule is C[C@H](CNC(=O)OCc1ccc([N+](=O)[O-])cc1)SC(=S)S[C@H]1NC(=O)[C@@H]1[C@@H](C)O[Si](C)(C)C(C)(C)C. The van der Waals surface area contributed by atoms with E-state index in [0.717, 1.165) is 0 Å². The molecule has 0 spiro atoms. The van der Waals surface area contributed by atoms with Crippen molar-refractivity contribution in [2.75, 3.05) is 6.54 Å². The quantitative estimate of drug-likeness (QED) is 0.124. The molecule has 0 radical (unpaired) electrons. The highest BCUT2D eigenvalue weighted by molar-refractivity contribution is 8.47. The van der Waals surface area contributed by atoms with Crippen LogP contribution in [-0.4, -0.2) is 52.0 Å². The summed E-state index contributed by atoms with van der Waals surface area (Å²) in [7, 11) is -2.00. The van der Waals surface area contributed by atoms with Crippen molar-refractivity contribution < 1.29 is 23.7 Å². The van der Waals surface area contributed by atoms with Crippen LogP contribution in [0.5, 0.6) is 0 Å². The fraction of sp³-hybridized carbons (Fsp3) is 0.609. The van der Waals surface area contributed by atoms with E-state index in [1.54, 1.807) is 12.1 Å². The number of β-lactam (4-membered cyclic amide) rings is 1. The Balaban J connectivity index is 1.74. The number of thioether (sulfide) groups is 2. The minimum Gasteiger partial charge on any atom is -0.445 e. The molecular weight excluding hydrogens is 539 g/mol. The minimum absolute atomic E-state index is 0.00735. The van der Waals surface area contributed by atoms with E-state index < -0.39 is 19.3 Å². The van der Waals surface area contributed by atoms with Crippen molar-refractivity contribution in [2.24, 2.45) is 5.92 Å². The number of carbonyl (C=O) groups is 2. The first-order chi connectivity index (χ1) is 16.6. The van der Waals surface area contributed by atoms with E-state index in [1.807, 2.05) is 13.8 Å². The van der Waals surface area contributed by atoms with Crippen molar-refractivity contribution >= 4 is 65.3 Å². The van der Waals surface area contributed by atoms with Gasteiger partial charge in [0.1, 0.15) is 10.1 Å². The molecule has 2 amide bonds. The summed E-state index contributed by atoms with van der Waals surface area (Å²) in [5.41, 5.74) is 0.632. The van der Waals surface area contributed by atoms with Crippen molar-refractivity contribution in [1.29, 1.82) is 0 Å². The third-order valence-electron chi connectivity index (χ3n) is 6.28. The monoisotopic (exact) mass is 573 g/mol. The van der Waals surface area contributed by atoms with Gasteiger partial charge in [0.2, 0.25) is 5.91 Å². The first kappa shape index (κ1) is 30.6. The highest BCUT2D eigenvalue weighted by Gasteiger charge is 2.48. The van der Waals surface area contributed by atoms with Gasteiger partial charge < -0.3 is 19.8 Å². The van der Waals surface area contributed by atoms with Gasteiger partial charge in [-0.1, -0.05) is 51.7 Å². The molecule has 0 unspecified atom stereocenters. The van der Waals surface area contributed by atoms with Gasteiger partial charge in [0.25, 0.3) is 5.69 Å². The molecule has 4 atom stereocenters. The van der Waals surface area contributed by atoms with Crippen LogP contribution < -0.4 is 10.6 Å². The number of carbonyl (C=O) groups excluding carboxylic acids is 2. The number of non-ortho nitro benzene ring substituents is 1. The average molecular weight is 574 g/mol. The van der Waals surface area contributed by atoms with Crippen LogP contribution in [0.15, 0.2) is 24.3 Å². The van der Waals surface area contributed by atoms with Gasteiger partial charge in [0.05, 0.1) is 22.3 Å². The lowest BCUT2D eigenvalue weighted by Crippen LogP contribution is -2.62. The topological polar surface area (TPSA) is 120 Å². The molecule has 1 aliphatic rings. The molecule has 2 rings (SSSR count). The largest absolute Gasteiger partial charge is 0.445 e. The molecule has 200 valence electrons. The maximum absolute atomic E-state index is 12.3. The number of nitro benzene ring substituents is 1. The van der Waals surface area contributed by atoms with Gasteiger partial charge in [-0.15, -0.1) is 11.8 Å². The van der Waals surface area contributed by atoms with Crippen molar-refractivity contribution in [3.8, 4) is 0 Å². The minimum atomic E-state index is -2.00. The van der Waals surface area contributed by atoms with Gasteiger partial charge in [-0.3, -0.25) is 14.9 Å². The van der Waals surface area contributed by atoms with E-state index in [1.165, 1.54) is 35.7 Å². The van der Waals surface area contributed by atoms with E-state index in [9.17, 15) is 19.7 Å². The van der Waals surface area contributed by atoms with Crippen LogP contribution >= 0.6 is 35.7 Å². The van der Waals surface area contributed by atoms with Crippen LogP contribution in [0.2, 0.25) is 18.1 Å². The first-order valence-corrected chi connectivity index (χ1v) is 16.7. The molecule has 0 aliphatic carbocycles. The predicted octanol–water partition coefficient (Wildman–Crippen LogP) is 5.44. The highest BCUT2D eigenvalue weighted by Crippen LogP contribution is 2.41. The van der Waals surface area contributed by atoms with Crippen LogP contribution in [0.25, 0.3) is 0 Å². The molecule has 0 saturated carbocycles. The van der Waals surface area contributed by atoms with E-state index >= 15 is 0 Å². The Labute approximate surface area is 227 Å². The molecule has 36 heavy (non-hydrogen) atoms. The average Bonchev–Trinajstić information content (AvgIpc) is 2.74. The van der Waals surface area contributed by atoms with Crippen molar-refractivity contribution in [1.82, 2.24) is 10.6 Å². The number of nitro groups is 1. The Kier molecular flexibility index (Phi) is 10.8. The van der Waals surface area contributed by atoms with E-state index in [4.69, 9.17) is 21.4 Å². The third kappa shape index (κ3) is 8.72. The van der Waals surface area contributed by atoms with Crippen LogP contribution in [0.3, 0.4) is 0 Å². The molecule has 1 heterocycles. The summed E-state index contributed by atoms with van der Waals surface area (Å²) in [5, 5.41) is 16.2. The molecule has 1 aliphatic heterocycles. The molecule has 1 aromatic carbocycles. The van der Waals surface area contributed by atoms with Gasteiger partial charge >= 0.3 is 6.09 Å². The zero-order valence-electron chi connectivity index (χ0n) is 21.7. The Bertz CT molecular complexity index is 971. The predicted molar refractivity (Wildman–Crippen MR) is 152 cm³/mol. The Morgan fingerprint density at radius 3 is 2.42 bits per heavy atom. The second kappa shape index (κ2) is 12.7. The fourth-order valence-corrected chi connectivity index (χ4v) is 7.75. The number of benzene rings is 1. The van der Waals surface area contributed by atoms with Crippen LogP contribution in [0.1, 0.15) is 40.2 Å². The normalized spacial score (nSPS) is 19.5. The molecule has 13 heteroatoms. The summed E-state index contributed by atoms with van der Waals surface area (Å²) in [4.78, 5) is 34.5. The smallest absolute Gasteiger partial charge is 0.407 e. The Hall–Kier alpha value is -1.67. The summed E-state index contributed by atoms with van der Waals surface area (Å²) in [6, 6.07) is 5.82. The molecule has 9 nitrogen and oxygen atoms in total. The Morgan fingerprint density at radius 1 is 1.28 bits per heavy atom. The number of nitrogens with one attached hydrogen (secondary N) is 2. The van der Waals surface area contributed by atoms with Crippen molar-refractivity contribution in [3.63, 3.8) is 0 Å². The third-order valence-corrected chi connectivity index (χ3v) is 13.6. The number of hydrogen-bond donors (Lipinski definition) is 2. The van der Waals surface area contributed by atoms with Crippen LogP contribution in [0, 0.1) is 16.0 Å². The van der Waals surface area contributed by atoms with E-state index in [-0.39, 0.29) is 45.9 Å². The summed E-state index contributed by atoms with van der Waals surface area (Å²) in [6.45, 7) is 15.1. The standard InChI is InChI=1S/C23H35N3O6S3Si/c1-14(12-24-21(28)31-13-16-8-10-17(11-9-16)26(29)30)34-22(33)35-20-18(19(27)25-20)15(2)32-36(6,7)23(3,4)5/h8-11,14-15,18,20H,12-13H2,1-7H3,(H,24,28)(H,25,27)/t14-,15-,18+,20-/m1/s1. The van der Waals surface area contributed by atoms with Gasteiger partial charge in [0.15, 0.2) is 8.32 Å². The molecule has 1 fully saturated rings. The van der Waals surface area contributed by atoms with Crippen LogP contribution in [-0.2, 0) is 20.6 Å². The highest BCUT2D eigenvalue weighted by atomic mass is 32.2. The van der Waals surface area contributed by atoms with E-state index in [2.05, 4.69) is 44.5 Å². The second-order valence-electron chi connectivity index (χ2n) is 10.2. The number of ether oxygens (including phenoxy) is 1. The fourth-order valence-electron chi connectivity index (χ4n) is 3.12. The summed E-state index contributed by atoms with van der Waals surface area (Å²) < 4.78 is 12.3. The van der Waals surface area contributed by atoms with Crippen molar-refractivity contribution in [2.45, 2.75) is 76.1 Å². The molecule has 2 N–H and O–H groups in total. The summed E-state index contributed by atoms with van der Waals surface area (Å²) in [6.07, 6.45) is -0.781. The number of rotatable bonds is 10. The number of nitrogens with zero attached hydrogens (tertiary/aromatic N) is 1. The zero-order chi connectivity index (χ0) is 27.3. The number of alkyl carbamates (subject to hydrolysis) is 1. The van der Waals surface area contributed by atoms with Crippen molar-refractivity contribution in [3.05, 3.63) is 39.9 Å². The van der Waals surface area contributed by atoms with Gasteiger partial charge in [-0.2, -0.15) is 0 Å². The first-order valence-electron chi connectivity index (χ1n) is 11.6. The maximum Gasteiger partial charge on any atom is 0.407 e. The maximum atomic E-state index is 12.3. The van der Waals surface area contributed by atoms with Gasteiger partial charge in [0, 0.05) is 23.9 Å². The van der Waals surface area contributed by atoms with E-state index in [0.29, 0.717) is 15.6 Å². The Morgan fingerprint density at radius 2 is 1.89 bits per heavy atom. The van der Waals surface area contributed by atoms with Gasteiger partial charge in [-0.25, -0.2) is 4.79 Å². The molecule has 1 aromatic rings. The molecular formula is C23H35N3O6S3Si. The lowest BCUT2D eigenvalue weighted by atomic mass is 9.96. The number of hydrogen-bond acceptors (Lipinski definition) is 9. The summed E-state index contributed by atoms with van der Waals surface area (Å²) in [5.74, 6) is -0.275. The molecule has 0 bridgehead atoms. The number of thiocarbonyl (C=S) groups is 1. The van der Waals surface area contributed by atoms with Crippen LogP contribution in [0.4, 0.5) is 10.5 Å². The molecule has 1 saturated heterocycles. The van der Waals surface area contributed by atoms with Gasteiger partial charge in [-0.05, 0) is 42.8 Å². The number of amides is 2. The zero-order valence-corrected chi connectivity index (χ0v) is 25.1. The lowest BCUT2D eigenvalue weighted by molar-refractivity contribution is -0.384. The lowest BCUT2D eigenvalue weighted by Gasteiger charge is -2.45.